The lowest BCUT2D eigenvalue weighted by Gasteiger charge is -2.25. The molecule has 2 N–H and O–H groups in total. The van der Waals surface area contributed by atoms with Gasteiger partial charge in [-0.05, 0) is 18.4 Å². The number of carboxylic acid groups (broad SMARTS) is 1. The summed E-state index contributed by atoms with van der Waals surface area (Å²) in [6, 6.07) is 8.05. The molecule has 0 bridgehead atoms. The number of carbonyl (C=O) groups is 2. The molecule has 1 rings (SSSR count). The topological polar surface area (TPSA) is 69.6 Å². The first kappa shape index (κ1) is 17.0. The van der Waals surface area contributed by atoms with E-state index in [4.69, 9.17) is 0 Å². The molecule has 2 amide bonds. The van der Waals surface area contributed by atoms with Gasteiger partial charge in [0.1, 0.15) is 6.04 Å². The van der Waals surface area contributed by atoms with Crippen LogP contribution in [0.25, 0.3) is 0 Å². The quantitative estimate of drug-likeness (QED) is 0.810. The summed E-state index contributed by atoms with van der Waals surface area (Å²) in [5.41, 5.74) is 0.886. The zero-order chi connectivity index (χ0) is 15.8. The molecule has 0 saturated carbocycles. The lowest BCUT2D eigenvalue weighted by molar-refractivity contribution is -0.139. The van der Waals surface area contributed by atoms with Crippen LogP contribution in [0.3, 0.4) is 0 Å². The predicted molar refractivity (Wildman–Crippen MR) is 82.2 cm³/mol. The number of urea groups is 1. The van der Waals surface area contributed by atoms with Crippen LogP contribution in [-0.4, -0.2) is 41.1 Å². The minimum atomic E-state index is -1.02. The second-order valence-corrected chi connectivity index (χ2v) is 5.46. The van der Waals surface area contributed by atoms with Gasteiger partial charge in [0.25, 0.3) is 0 Å². The van der Waals surface area contributed by atoms with Crippen molar-refractivity contribution < 1.29 is 14.7 Å². The Hall–Kier alpha value is -2.04. The molecule has 0 saturated heterocycles. The van der Waals surface area contributed by atoms with Gasteiger partial charge in [-0.3, -0.25) is 0 Å². The molecule has 0 aliphatic rings. The summed E-state index contributed by atoms with van der Waals surface area (Å²) >= 11 is 0. The third-order valence-corrected chi connectivity index (χ3v) is 3.13. The van der Waals surface area contributed by atoms with E-state index in [1.165, 1.54) is 0 Å². The molecular weight excluding hydrogens is 268 g/mol. The number of nitrogens with one attached hydrogen (secondary N) is 1. The average molecular weight is 292 g/mol. The van der Waals surface area contributed by atoms with Crippen LogP contribution in [0, 0.1) is 5.92 Å². The fraction of sp³-hybridized carbons (Fsp3) is 0.500. The van der Waals surface area contributed by atoms with Gasteiger partial charge < -0.3 is 15.3 Å². The Balaban J connectivity index is 2.69. The van der Waals surface area contributed by atoms with E-state index in [1.54, 1.807) is 4.90 Å². The van der Waals surface area contributed by atoms with E-state index >= 15 is 0 Å². The van der Waals surface area contributed by atoms with Crippen molar-refractivity contribution in [1.82, 2.24) is 10.2 Å². The molecule has 21 heavy (non-hydrogen) atoms. The number of hydrogen-bond acceptors (Lipinski definition) is 2. The highest BCUT2D eigenvalue weighted by Gasteiger charge is 2.23. The molecule has 0 spiro atoms. The van der Waals surface area contributed by atoms with Crippen LogP contribution in [0.5, 0.6) is 0 Å². The average Bonchev–Trinajstić information content (AvgIpc) is 2.44. The standard InChI is InChI=1S/C16H24N2O3/c1-4-18(11-12(2)3)16(21)17-14(15(19)20)10-13-8-6-5-7-9-13/h5-9,12,14H,4,10-11H2,1-3H3,(H,17,21)(H,19,20)/t14-/m0/s1. The summed E-state index contributed by atoms with van der Waals surface area (Å²) < 4.78 is 0. The highest BCUT2D eigenvalue weighted by atomic mass is 16.4. The van der Waals surface area contributed by atoms with Crippen LogP contribution in [0.1, 0.15) is 26.3 Å². The van der Waals surface area contributed by atoms with E-state index < -0.39 is 12.0 Å². The maximum absolute atomic E-state index is 12.2. The van der Waals surface area contributed by atoms with Gasteiger partial charge >= 0.3 is 12.0 Å². The van der Waals surface area contributed by atoms with Gasteiger partial charge in [0.2, 0.25) is 0 Å². The molecule has 1 aromatic carbocycles. The van der Waals surface area contributed by atoms with E-state index in [0.717, 1.165) is 5.56 Å². The molecule has 116 valence electrons. The third kappa shape index (κ3) is 5.85. The normalized spacial score (nSPS) is 12.0. The van der Waals surface area contributed by atoms with Crippen molar-refractivity contribution in [2.75, 3.05) is 13.1 Å². The van der Waals surface area contributed by atoms with Crippen molar-refractivity contribution in [1.29, 1.82) is 0 Å². The maximum atomic E-state index is 12.2. The summed E-state index contributed by atoms with van der Waals surface area (Å²) in [5, 5.41) is 11.9. The Kier molecular flexibility index (Phi) is 6.72. The van der Waals surface area contributed by atoms with E-state index in [-0.39, 0.29) is 12.5 Å². The van der Waals surface area contributed by atoms with Crippen LogP contribution in [0.15, 0.2) is 30.3 Å². The van der Waals surface area contributed by atoms with Gasteiger partial charge in [0.15, 0.2) is 0 Å². The summed E-state index contributed by atoms with van der Waals surface area (Å²) in [6.07, 6.45) is 0.279. The van der Waals surface area contributed by atoms with Crippen LogP contribution in [0.2, 0.25) is 0 Å². The second kappa shape index (κ2) is 8.29. The molecule has 5 nitrogen and oxygen atoms in total. The Bertz CT molecular complexity index is 460. The van der Waals surface area contributed by atoms with Gasteiger partial charge in [-0.2, -0.15) is 0 Å². The summed E-state index contributed by atoms with van der Waals surface area (Å²) in [6.45, 7) is 7.10. The highest BCUT2D eigenvalue weighted by Crippen LogP contribution is 2.05. The molecular formula is C16H24N2O3. The van der Waals surface area contributed by atoms with Crippen molar-refractivity contribution in [2.24, 2.45) is 5.92 Å². The largest absolute Gasteiger partial charge is 0.480 e. The zero-order valence-corrected chi connectivity index (χ0v) is 12.9. The minimum absolute atomic E-state index is 0.279. The number of benzene rings is 1. The summed E-state index contributed by atoms with van der Waals surface area (Å²) in [7, 11) is 0. The first-order chi connectivity index (χ1) is 9.93. The van der Waals surface area contributed by atoms with E-state index in [9.17, 15) is 14.7 Å². The molecule has 1 aromatic rings. The molecule has 0 fully saturated rings. The van der Waals surface area contributed by atoms with Gasteiger partial charge in [-0.25, -0.2) is 9.59 Å². The van der Waals surface area contributed by atoms with Crippen LogP contribution >= 0.6 is 0 Å². The number of hydrogen-bond donors (Lipinski definition) is 2. The molecule has 0 radical (unpaired) electrons. The van der Waals surface area contributed by atoms with Crippen molar-refractivity contribution in [3.8, 4) is 0 Å². The molecule has 0 unspecified atom stereocenters. The van der Waals surface area contributed by atoms with Crippen molar-refractivity contribution in [2.45, 2.75) is 33.2 Å². The number of nitrogens with zero attached hydrogens (tertiary/aromatic N) is 1. The van der Waals surface area contributed by atoms with Gasteiger partial charge in [0, 0.05) is 19.5 Å². The molecule has 0 heterocycles. The van der Waals surface area contributed by atoms with Gasteiger partial charge in [0.05, 0.1) is 0 Å². The van der Waals surface area contributed by atoms with Crippen molar-refractivity contribution in [3.63, 3.8) is 0 Å². The summed E-state index contributed by atoms with van der Waals surface area (Å²) in [4.78, 5) is 25.1. The van der Waals surface area contributed by atoms with Crippen molar-refractivity contribution >= 4 is 12.0 Å². The van der Waals surface area contributed by atoms with Crippen LogP contribution in [0.4, 0.5) is 4.79 Å². The molecule has 0 aliphatic heterocycles. The predicted octanol–water partition coefficient (Wildman–Crippen LogP) is 2.37. The lowest BCUT2D eigenvalue weighted by atomic mass is 10.1. The monoisotopic (exact) mass is 292 g/mol. The van der Waals surface area contributed by atoms with E-state index in [2.05, 4.69) is 5.32 Å². The Morgan fingerprint density at radius 2 is 1.86 bits per heavy atom. The first-order valence-corrected chi connectivity index (χ1v) is 7.26. The number of amides is 2. The lowest BCUT2D eigenvalue weighted by Crippen LogP contribution is -2.49. The molecule has 1 atom stereocenters. The number of aliphatic carboxylic acids is 1. The van der Waals surface area contributed by atoms with Crippen LogP contribution in [-0.2, 0) is 11.2 Å². The number of carbonyl (C=O) groups excluding carboxylic acids is 1. The second-order valence-electron chi connectivity index (χ2n) is 5.46. The fourth-order valence-electron chi connectivity index (χ4n) is 2.09. The van der Waals surface area contributed by atoms with Gasteiger partial charge in [-0.1, -0.05) is 44.2 Å². The smallest absolute Gasteiger partial charge is 0.326 e. The molecule has 0 aliphatic carbocycles. The highest BCUT2D eigenvalue weighted by molar-refractivity contribution is 5.82. The molecule has 0 aromatic heterocycles. The SMILES string of the molecule is CCN(CC(C)C)C(=O)N[C@@H](Cc1ccccc1)C(=O)O. The zero-order valence-electron chi connectivity index (χ0n) is 12.9. The van der Waals surface area contributed by atoms with Crippen LogP contribution < -0.4 is 5.32 Å². The minimum Gasteiger partial charge on any atom is -0.480 e. The van der Waals surface area contributed by atoms with E-state index in [0.29, 0.717) is 19.0 Å². The first-order valence-electron chi connectivity index (χ1n) is 7.26. The maximum Gasteiger partial charge on any atom is 0.326 e. The Morgan fingerprint density at radius 1 is 1.24 bits per heavy atom. The Labute approximate surface area is 126 Å². The summed E-state index contributed by atoms with van der Waals surface area (Å²) in [5.74, 6) is -0.680. The third-order valence-electron chi connectivity index (χ3n) is 3.13. The van der Waals surface area contributed by atoms with Crippen molar-refractivity contribution in [3.05, 3.63) is 35.9 Å². The number of rotatable bonds is 7. The molecule has 5 heteroatoms. The Morgan fingerprint density at radius 3 is 2.33 bits per heavy atom. The fourth-order valence-corrected chi connectivity index (χ4v) is 2.09. The van der Waals surface area contributed by atoms with E-state index in [1.807, 2.05) is 51.1 Å². The van der Waals surface area contributed by atoms with Gasteiger partial charge in [-0.15, -0.1) is 0 Å². The number of carboxylic acids is 1.